The summed E-state index contributed by atoms with van der Waals surface area (Å²) in [6.45, 7) is 0. The number of nitrogens with one attached hydrogen (secondary N) is 1. The van der Waals surface area contributed by atoms with Gasteiger partial charge in [-0.2, -0.15) is 5.10 Å². The summed E-state index contributed by atoms with van der Waals surface area (Å²) in [6.07, 6.45) is 0. The van der Waals surface area contributed by atoms with Gasteiger partial charge in [0.05, 0.1) is 15.6 Å². The Kier molecular flexibility index (Phi) is 2.77. The molecule has 18 heavy (non-hydrogen) atoms. The molecule has 6 heteroatoms. The number of H-pyrrole nitrogens is 1. The summed E-state index contributed by atoms with van der Waals surface area (Å²) >= 11 is 7.58. The number of aromatic nitrogens is 3. The van der Waals surface area contributed by atoms with Gasteiger partial charge in [0.25, 0.3) is 0 Å². The van der Waals surface area contributed by atoms with Gasteiger partial charge in [0, 0.05) is 5.56 Å². The Bertz CT molecular complexity index is 675. The molecular weight excluding hydrogens is 268 g/mol. The number of aromatic amines is 1. The van der Waals surface area contributed by atoms with Crippen molar-refractivity contribution in [3.8, 4) is 22.1 Å². The number of nitrogens with zero attached hydrogens (tertiary/aromatic N) is 2. The minimum Gasteiger partial charge on any atom is -0.397 e. The molecule has 0 spiro atoms. The molecule has 0 unspecified atom stereocenters. The first kappa shape index (κ1) is 11.3. The zero-order valence-electron chi connectivity index (χ0n) is 9.22. The van der Waals surface area contributed by atoms with Gasteiger partial charge in [-0.3, -0.25) is 5.10 Å². The van der Waals surface area contributed by atoms with Gasteiger partial charge in [-0.15, -0.1) is 11.3 Å². The number of benzene rings is 1. The minimum atomic E-state index is 0.496. The molecule has 3 rings (SSSR count). The van der Waals surface area contributed by atoms with Crippen molar-refractivity contribution in [3.05, 3.63) is 40.7 Å². The van der Waals surface area contributed by atoms with Crippen LogP contribution in [0.2, 0.25) is 5.02 Å². The second-order valence-corrected chi connectivity index (χ2v) is 5.04. The zero-order valence-corrected chi connectivity index (χ0v) is 10.8. The predicted molar refractivity (Wildman–Crippen MR) is 74.6 cm³/mol. The summed E-state index contributed by atoms with van der Waals surface area (Å²) in [7, 11) is 0. The second kappa shape index (κ2) is 4.44. The molecule has 0 saturated carbocycles. The van der Waals surface area contributed by atoms with Crippen LogP contribution in [0.3, 0.4) is 0 Å². The highest BCUT2D eigenvalue weighted by atomic mass is 35.5. The minimum absolute atomic E-state index is 0.496. The third-order valence-corrected chi connectivity index (χ3v) is 3.74. The third kappa shape index (κ3) is 1.87. The maximum Gasteiger partial charge on any atom is 0.183 e. The van der Waals surface area contributed by atoms with Gasteiger partial charge in [-0.1, -0.05) is 23.7 Å². The largest absolute Gasteiger partial charge is 0.397 e. The molecule has 2 heterocycles. The number of hydrogen-bond acceptors (Lipinski definition) is 4. The van der Waals surface area contributed by atoms with E-state index in [0.717, 1.165) is 16.3 Å². The molecule has 3 aromatic rings. The Balaban J connectivity index is 2.06. The van der Waals surface area contributed by atoms with Crippen molar-refractivity contribution >= 4 is 28.6 Å². The number of para-hydroxylation sites is 1. The van der Waals surface area contributed by atoms with Crippen LogP contribution in [-0.2, 0) is 0 Å². The Morgan fingerprint density at radius 1 is 1.22 bits per heavy atom. The van der Waals surface area contributed by atoms with E-state index in [1.807, 2.05) is 29.6 Å². The molecule has 3 N–H and O–H groups in total. The lowest BCUT2D eigenvalue weighted by molar-refractivity contribution is 1.10. The van der Waals surface area contributed by atoms with Gasteiger partial charge in [-0.05, 0) is 23.6 Å². The van der Waals surface area contributed by atoms with Gasteiger partial charge < -0.3 is 5.73 Å². The highest BCUT2D eigenvalue weighted by Crippen LogP contribution is 2.30. The fraction of sp³-hybridized carbons (Fsp3) is 0. The van der Waals surface area contributed by atoms with E-state index < -0.39 is 0 Å². The van der Waals surface area contributed by atoms with Crippen molar-refractivity contribution in [2.24, 2.45) is 0 Å². The number of hydrogen-bond donors (Lipinski definition) is 2. The number of anilines is 1. The lowest BCUT2D eigenvalue weighted by Gasteiger charge is -2.02. The molecule has 0 saturated heterocycles. The maximum atomic E-state index is 5.98. The van der Waals surface area contributed by atoms with Crippen LogP contribution in [0.4, 0.5) is 5.69 Å². The first-order valence-corrected chi connectivity index (χ1v) is 6.52. The Hall–Kier alpha value is -1.85. The second-order valence-electron chi connectivity index (χ2n) is 3.69. The van der Waals surface area contributed by atoms with E-state index in [0.29, 0.717) is 16.5 Å². The summed E-state index contributed by atoms with van der Waals surface area (Å²) in [4.78, 5) is 5.47. The number of nitrogen functional groups attached to an aromatic ring is 1. The van der Waals surface area contributed by atoms with Gasteiger partial charge in [-0.25, -0.2) is 4.98 Å². The van der Waals surface area contributed by atoms with Crippen LogP contribution >= 0.6 is 22.9 Å². The average Bonchev–Trinajstić information content (AvgIpc) is 3.01. The van der Waals surface area contributed by atoms with Crippen LogP contribution in [0.5, 0.6) is 0 Å². The van der Waals surface area contributed by atoms with Gasteiger partial charge in [0.15, 0.2) is 11.6 Å². The molecule has 2 aromatic heterocycles. The fourth-order valence-electron chi connectivity index (χ4n) is 1.64. The van der Waals surface area contributed by atoms with Crippen LogP contribution in [0.15, 0.2) is 35.7 Å². The Morgan fingerprint density at radius 3 is 2.89 bits per heavy atom. The highest BCUT2D eigenvalue weighted by Gasteiger charge is 2.12. The molecule has 0 aliphatic carbocycles. The first-order valence-electron chi connectivity index (χ1n) is 5.26. The molecule has 1 aromatic carbocycles. The van der Waals surface area contributed by atoms with Crippen LogP contribution in [0.1, 0.15) is 0 Å². The van der Waals surface area contributed by atoms with E-state index in [2.05, 4.69) is 15.2 Å². The molecule has 4 nitrogen and oxygen atoms in total. The fourth-order valence-corrected chi connectivity index (χ4v) is 2.48. The molecule has 0 bridgehead atoms. The smallest absolute Gasteiger partial charge is 0.183 e. The maximum absolute atomic E-state index is 5.98. The van der Waals surface area contributed by atoms with Crippen LogP contribution < -0.4 is 5.73 Å². The lowest BCUT2D eigenvalue weighted by Crippen LogP contribution is -1.92. The Morgan fingerprint density at radius 2 is 2.11 bits per heavy atom. The molecule has 0 aliphatic rings. The summed E-state index contributed by atoms with van der Waals surface area (Å²) in [5.41, 5.74) is 7.15. The lowest BCUT2D eigenvalue weighted by atomic mass is 10.2. The van der Waals surface area contributed by atoms with E-state index in [1.165, 1.54) is 0 Å². The molecular formula is C12H9ClN4S. The van der Waals surface area contributed by atoms with E-state index in [9.17, 15) is 0 Å². The summed E-state index contributed by atoms with van der Waals surface area (Å²) in [5.74, 6) is 1.29. The van der Waals surface area contributed by atoms with Crippen LogP contribution in [0, 0.1) is 0 Å². The van der Waals surface area contributed by atoms with Crippen molar-refractivity contribution in [3.63, 3.8) is 0 Å². The average molecular weight is 277 g/mol. The number of rotatable bonds is 2. The van der Waals surface area contributed by atoms with Crippen molar-refractivity contribution in [1.82, 2.24) is 15.2 Å². The SMILES string of the molecule is Nc1c(Cl)cccc1-c1n[nH]c(-c2cccs2)n1. The molecule has 90 valence electrons. The molecule has 0 atom stereocenters. The van der Waals surface area contributed by atoms with Crippen LogP contribution in [0.25, 0.3) is 22.1 Å². The quantitative estimate of drug-likeness (QED) is 0.705. The summed E-state index contributed by atoms with van der Waals surface area (Å²) in [5, 5.41) is 9.58. The van der Waals surface area contributed by atoms with Crippen molar-refractivity contribution in [2.45, 2.75) is 0 Å². The molecule has 0 radical (unpaired) electrons. The molecule has 0 amide bonds. The number of nitrogens with two attached hydrogens (primary N) is 1. The zero-order chi connectivity index (χ0) is 12.5. The topological polar surface area (TPSA) is 67.6 Å². The van der Waals surface area contributed by atoms with Gasteiger partial charge in [0.1, 0.15) is 0 Å². The summed E-state index contributed by atoms with van der Waals surface area (Å²) in [6, 6.07) is 9.37. The molecule has 0 fully saturated rings. The van der Waals surface area contributed by atoms with E-state index in [4.69, 9.17) is 17.3 Å². The van der Waals surface area contributed by atoms with E-state index in [1.54, 1.807) is 17.4 Å². The van der Waals surface area contributed by atoms with E-state index in [-0.39, 0.29) is 0 Å². The number of thiophene rings is 1. The van der Waals surface area contributed by atoms with Crippen LogP contribution in [-0.4, -0.2) is 15.2 Å². The third-order valence-electron chi connectivity index (χ3n) is 2.53. The van der Waals surface area contributed by atoms with Crippen molar-refractivity contribution < 1.29 is 0 Å². The first-order chi connectivity index (χ1) is 8.75. The summed E-state index contributed by atoms with van der Waals surface area (Å²) < 4.78 is 0. The standard InChI is InChI=1S/C12H9ClN4S/c13-8-4-1-3-7(10(8)14)11-15-12(17-16-11)9-5-2-6-18-9/h1-6H,14H2,(H,15,16,17). The van der Waals surface area contributed by atoms with Crippen molar-refractivity contribution in [2.75, 3.05) is 5.73 Å². The van der Waals surface area contributed by atoms with E-state index >= 15 is 0 Å². The molecule has 0 aliphatic heterocycles. The van der Waals surface area contributed by atoms with Gasteiger partial charge >= 0.3 is 0 Å². The highest BCUT2D eigenvalue weighted by molar-refractivity contribution is 7.13. The number of halogens is 1. The monoisotopic (exact) mass is 276 g/mol. The Labute approximate surface area is 112 Å². The van der Waals surface area contributed by atoms with Crippen molar-refractivity contribution in [1.29, 1.82) is 0 Å². The predicted octanol–water partition coefficient (Wildman–Crippen LogP) is 3.44. The van der Waals surface area contributed by atoms with Gasteiger partial charge in [0.2, 0.25) is 0 Å². The normalized spacial score (nSPS) is 10.7.